The normalized spacial score (nSPS) is 13.0. The van der Waals surface area contributed by atoms with E-state index in [1.165, 1.54) is 23.3 Å². The van der Waals surface area contributed by atoms with Crippen LogP contribution in [0.5, 0.6) is 0 Å². The summed E-state index contributed by atoms with van der Waals surface area (Å²) in [5.41, 5.74) is 2.57. The number of likely N-dealkylation sites (N-methyl/N-ethyl adjacent to an activating group) is 2. The Morgan fingerprint density at radius 3 is 1.40 bits per heavy atom. The third-order valence-electron chi connectivity index (χ3n) is 5.35. The first-order valence-electron chi connectivity index (χ1n) is 10.5. The summed E-state index contributed by atoms with van der Waals surface area (Å²) < 4.78 is 0. The molecule has 2 N–H and O–H groups in total. The van der Waals surface area contributed by atoms with Crippen molar-refractivity contribution < 1.29 is 9.59 Å². The van der Waals surface area contributed by atoms with Gasteiger partial charge in [0.05, 0.1) is 0 Å². The Kier molecular flexibility index (Phi) is 11.7. The van der Waals surface area contributed by atoms with Crippen LogP contribution in [0.2, 0.25) is 0 Å². The fraction of sp³-hybridized carbons (Fsp3) is 0.500. The second-order valence-corrected chi connectivity index (χ2v) is 8.03. The lowest BCUT2D eigenvalue weighted by atomic mass is 9.98. The van der Waals surface area contributed by atoms with Crippen LogP contribution in [0.3, 0.4) is 0 Å². The lowest BCUT2D eigenvalue weighted by Gasteiger charge is -2.26. The second kappa shape index (κ2) is 13.7. The van der Waals surface area contributed by atoms with E-state index >= 15 is 0 Å². The van der Waals surface area contributed by atoms with E-state index < -0.39 is 0 Å². The predicted molar refractivity (Wildman–Crippen MR) is 124 cm³/mol. The first-order chi connectivity index (χ1) is 14.3. The van der Waals surface area contributed by atoms with Gasteiger partial charge < -0.3 is 20.4 Å². The van der Waals surface area contributed by atoms with E-state index in [2.05, 4.69) is 86.0 Å². The molecular weight excluding hydrogens is 376 g/mol. The molecule has 0 aliphatic carbocycles. The van der Waals surface area contributed by atoms with Crippen LogP contribution in [0.15, 0.2) is 49.6 Å². The number of carbonyl (C=O) groups is 2. The molecule has 166 valence electrons. The van der Waals surface area contributed by atoms with Gasteiger partial charge >= 0.3 is 0 Å². The van der Waals surface area contributed by atoms with Gasteiger partial charge in [-0.15, -0.1) is 0 Å². The Hall–Kier alpha value is -2.44. The fourth-order valence-electron chi connectivity index (χ4n) is 3.31. The van der Waals surface area contributed by atoms with E-state index in [-0.39, 0.29) is 11.8 Å². The molecule has 0 radical (unpaired) electrons. The van der Waals surface area contributed by atoms with Crippen LogP contribution in [0, 0.1) is 0 Å². The number of hydrogen-bond donors (Lipinski definition) is 2. The van der Waals surface area contributed by atoms with E-state index in [0.29, 0.717) is 25.2 Å². The molecule has 0 bridgehead atoms. The van der Waals surface area contributed by atoms with E-state index in [1.807, 2.05) is 0 Å². The van der Waals surface area contributed by atoms with Crippen molar-refractivity contribution in [2.24, 2.45) is 0 Å². The molecule has 2 atom stereocenters. The second-order valence-electron chi connectivity index (χ2n) is 8.03. The summed E-state index contributed by atoms with van der Waals surface area (Å²) in [4.78, 5) is 27.1. The van der Waals surface area contributed by atoms with Crippen molar-refractivity contribution in [3.63, 3.8) is 0 Å². The molecule has 6 nitrogen and oxygen atoms in total. The van der Waals surface area contributed by atoms with E-state index in [9.17, 15) is 9.59 Å². The third-order valence-corrected chi connectivity index (χ3v) is 5.35. The molecule has 0 saturated carbocycles. The highest BCUT2D eigenvalue weighted by molar-refractivity contribution is 5.87. The summed E-state index contributed by atoms with van der Waals surface area (Å²) in [6, 6.07) is 9.48. The smallest absolute Gasteiger partial charge is 0.243 e. The van der Waals surface area contributed by atoms with Crippen molar-refractivity contribution in [1.82, 2.24) is 20.4 Å². The van der Waals surface area contributed by atoms with Gasteiger partial charge in [-0.1, -0.05) is 37.4 Å². The topological polar surface area (TPSA) is 64.7 Å². The number of nitrogens with zero attached hydrogens (tertiary/aromatic N) is 2. The minimum absolute atomic E-state index is 0.128. The van der Waals surface area contributed by atoms with Crippen molar-refractivity contribution in [3.05, 3.63) is 60.7 Å². The van der Waals surface area contributed by atoms with Crippen LogP contribution < -0.4 is 10.6 Å². The summed E-state index contributed by atoms with van der Waals surface area (Å²) in [5, 5.41) is 5.70. The predicted octanol–water partition coefficient (Wildman–Crippen LogP) is 2.02. The maximum absolute atomic E-state index is 11.3. The zero-order chi connectivity index (χ0) is 22.5. The molecule has 0 saturated heterocycles. The molecule has 1 aromatic carbocycles. The summed E-state index contributed by atoms with van der Waals surface area (Å²) in [6.07, 6.45) is 6.24. The lowest BCUT2D eigenvalue weighted by molar-refractivity contribution is -0.117. The fourth-order valence-corrected chi connectivity index (χ4v) is 3.31. The van der Waals surface area contributed by atoms with Crippen molar-refractivity contribution >= 4 is 11.8 Å². The minimum Gasteiger partial charge on any atom is -0.353 e. The minimum atomic E-state index is -0.128. The number of carbonyl (C=O) groups excluding carboxylic acids is 2. The van der Waals surface area contributed by atoms with Gasteiger partial charge in [-0.05, 0) is 77.2 Å². The van der Waals surface area contributed by atoms with Gasteiger partial charge in [0.1, 0.15) is 0 Å². The quantitative estimate of drug-likeness (QED) is 0.457. The van der Waals surface area contributed by atoms with Crippen LogP contribution in [-0.2, 0) is 22.4 Å². The average Bonchev–Trinajstić information content (AvgIpc) is 2.72. The van der Waals surface area contributed by atoms with Crippen molar-refractivity contribution in [2.75, 3.05) is 41.3 Å². The Labute approximate surface area is 182 Å². The molecule has 2 amide bonds. The Morgan fingerprint density at radius 2 is 1.13 bits per heavy atom. The van der Waals surface area contributed by atoms with Gasteiger partial charge in [0, 0.05) is 25.2 Å². The SMILES string of the molecule is C=CC(=O)NCCC(Cc1ccc(CC(CCNC(=O)C=C)N(C)C)cc1)N(C)C. The van der Waals surface area contributed by atoms with Crippen molar-refractivity contribution in [2.45, 2.75) is 37.8 Å². The molecule has 0 aliphatic heterocycles. The van der Waals surface area contributed by atoms with Crippen LogP contribution in [0.25, 0.3) is 0 Å². The molecule has 0 aliphatic rings. The third kappa shape index (κ3) is 9.85. The zero-order valence-corrected chi connectivity index (χ0v) is 19.0. The molecule has 0 heterocycles. The summed E-state index contributed by atoms with van der Waals surface area (Å²) in [7, 11) is 8.28. The highest BCUT2D eigenvalue weighted by Gasteiger charge is 2.15. The molecule has 0 fully saturated rings. The highest BCUT2D eigenvalue weighted by atomic mass is 16.2. The van der Waals surface area contributed by atoms with Crippen LogP contribution in [0.4, 0.5) is 0 Å². The first-order valence-corrected chi connectivity index (χ1v) is 10.5. The maximum atomic E-state index is 11.3. The van der Waals surface area contributed by atoms with Crippen molar-refractivity contribution in [1.29, 1.82) is 0 Å². The average molecular weight is 415 g/mol. The number of amides is 2. The van der Waals surface area contributed by atoms with Crippen LogP contribution in [0.1, 0.15) is 24.0 Å². The van der Waals surface area contributed by atoms with E-state index in [4.69, 9.17) is 0 Å². The molecule has 1 rings (SSSR count). The number of benzene rings is 1. The van der Waals surface area contributed by atoms with Gasteiger partial charge in [-0.3, -0.25) is 9.59 Å². The molecule has 6 heteroatoms. The summed E-state index contributed by atoms with van der Waals surface area (Å²) in [6.45, 7) is 8.24. The Balaban J connectivity index is 2.62. The number of nitrogens with one attached hydrogen (secondary N) is 2. The first kappa shape index (κ1) is 25.6. The maximum Gasteiger partial charge on any atom is 0.243 e. The lowest BCUT2D eigenvalue weighted by Crippen LogP contribution is -2.35. The van der Waals surface area contributed by atoms with Gasteiger partial charge in [0.25, 0.3) is 0 Å². The highest BCUT2D eigenvalue weighted by Crippen LogP contribution is 2.14. The largest absolute Gasteiger partial charge is 0.353 e. The van der Waals surface area contributed by atoms with Gasteiger partial charge in [0.2, 0.25) is 11.8 Å². The van der Waals surface area contributed by atoms with Gasteiger partial charge in [-0.2, -0.15) is 0 Å². The van der Waals surface area contributed by atoms with Crippen LogP contribution >= 0.6 is 0 Å². The van der Waals surface area contributed by atoms with Gasteiger partial charge in [-0.25, -0.2) is 0 Å². The van der Waals surface area contributed by atoms with Crippen molar-refractivity contribution in [3.8, 4) is 0 Å². The van der Waals surface area contributed by atoms with Gasteiger partial charge in [0.15, 0.2) is 0 Å². The zero-order valence-electron chi connectivity index (χ0n) is 19.0. The standard InChI is InChI=1S/C24H38N4O2/c1-7-23(29)25-15-13-21(27(3)4)17-19-9-11-20(12-10-19)18-22(28(5)6)14-16-26-24(30)8-2/h7-12,21-22H,1-2,13-18H2,3-6H3,(H,25,29)(H,26,30). The Bertz CT molecular complexity index is 624. The molecular formula is C24H38N4O2. The molecule has 0 spiro atoms. The summed E-state index contributed by atoms with van der Waals surface area (Å²) >= 11 is 0. The van der Waals surface area contributed by atoms with E-state index in [1.54, 1.807) is 0 Å². The summed E-state index contributed by atoms with van der Waals surface area (Å²) in [5.74, 6) is -0.257. The Morgan fingerprint density at radius 1 is 0.800 bits per heavy atom. The molecule has 30 heavy (non-hydrogen) atoms. The number of rotatable bonds is 14. The monoisotopic (exact) mass is 414 g/mol. The van der Waals surface area contributed by atoms with E-state index in [0.717, 1.165) is 25.7 Å². The number of hydrogen-bond acceptors (Lipinski definition) is 4. The molecule has 2 unspecified atom stereocenters. The molecule has 0 aromatic heterocycles. The molecule has 1 aromatic rings. The van der Waals surface area contributed by atoms with Crippen LogP contribution in [-0.4, -0.2) is 75.0 Å².